The largest absolute Gasteiger partial charge is 0.309 e. The molecule has 0 amide bonds. The molecule has 0 saturated heterocycles. The van der Waals surface area contributed by atoms with Crippen molar-refractivity contribution >= 4 is 32.6 Å². The van der Waals surface area contributed by atoms with E-state index in [1.807, 2.05) is 18.2 Å². The predicted octanol–water partition coefficient (Wildman–Crippen LogP) is 15.8. The maximum Gasteiger partial charge on any atom is 0.164 e. The van der Waals surface area contributed by atoms with E-state index in [0.717, 1.165) is 45.1 Å². The molecule has 0 fully saturated rings. The minimum Gasteiger partial charge on any atom is -0.309 e. The highest BCUT2D eigenvalue weighted by atomic mass is 15.0. The van der Waals surface area contributed by atoms with Gasteiger partial charge in [0.2, 0.25) is 0 Å². The number of nitrogens with zero attached hydrogens (tertiary/aromatic N) is 4. The van der Waals surface area contributed by atoms with E-state index in [2.05, 4.69) is 220 Å². The van der Waals surface area contributed by atoms with Gasteiger partial charge in [0, 0.05) is 32.8 Å². The molecule has 0 radical (unpaired) electrons. The summed E-state index contributed by atoms with van der Waals surface area (Å²) in [5.74, 6) is 1.90. The summed E-state index contributed by atoms with van der Waals surface area (Å²) in [5, 5.41) is 4.79. The van der Waals surface area contributed by atoms with Gasteiger partial charge in [-0.25, -0.2) is 15.0 Å². The lowest BCUT2D eigenvalue weighted by atomic mass is 9.63. The molecule has 0 atom stereocenters. The fraction of sp³-hybridized carbons (Fsp3) is 0.141. The zero-order valence-corrected chi connectivity index (χ0v) is 38.8. The molecule has 13 rings (SSSR count). The molecule has 2 aliphatic carbocycles. The minimum absolute atomic E-state index is 0.0762. The summed E-state index contributed by atoms with van der Waals surface area (Å²) in [6.07, 6.45) is 2.34. The number of hydrogen-bond donors (Lipinski definition) is 0. The Kier molecular flexibility index (Phi) is 8.92. The Morgan fingerprint density at radius 2 is 0.882 bits per heavy atom. The summed E-state index contributed by atoms with van der Waals surface area (Å²) in [6.45, 7) is 9.67. The fourth-order valence-corrected chi connectivity index (χ4v) is 11.9. The lowest BCUT2D eigenvalue weighted by molar-refractivity contribution is 0.332. The van der Waals surface area contributed by atoms with Crippen LogP contribution in [0.25, 0.3) is 83.6 Å². The Morgan fingerprint density at radius 1 is 0.353 bits per heavy atom. The highest BCUT2D eigenvalue weighted by Crippen LogP contribution is 2.56. The van der Waals surface area contributed by atoms with E-state index in [4.69, 9.17) is 15.0 Å². The van der Waals surface area contributed by atoms with Crippen molar-refractivity contribution in [2.24, 2.45) is 0 Å². The summed E-state index contributed by atoms with van der Waals surface area (Å²) >= 11 is 0. The Hall–Kier alpha value is -7.95. The van der Waals surface area contributed by atoms with Gasteiger partial charge in [0.15, 0.2) is 17.5 Å². The van der Waals surface area contributed by atoms with Crippen molar-refractivity contribution in [3.05, 3.63) is 240 Å². The van der Waals surface area contributed by atoms with Crippen molar-refractivity contribution in [1.29, 1.82) is 0 Å². The lowest BCUT2D eigenvalue weighted by Crippen LogP contribution is -2.33. The van der Waals surface area contributed by atoms with Gasteiger partial charge in [0.1, 0.15) is 0 Å². The smallest absolute Gasteiger partial charge is 0.164 e. The predicted molar refractivity (Wildman–Crippen MR) is 281 cm³/mol. The van der Waals surface area contributed by atoms with Crippen molar-refractivity contribution in [3.63, 3.8) is 0 Å². The van der Waals surface area contributed by atoms with Crippen LogP contribution in [-0.2, 0) is 16.2 Å². The summed E-state index contributed by atoms with van der Waals surface area (Å²) in [5.41, 5.74) is 16.4. The molecule has 0 saturated carbocycles. The zero-order chi connectivity index (χ0) is 45.8. The van der Waals surface area contributed by atoms with Crippen LogP contribution in [0.2, 0.25) is 0 Å². The molecule has 4 heteroatoms. The third-order valence-corrected chi connectivity index (χ3v) is 15.4. The summed E-state index contributed by atoms with van der Waals surface area (Å²) in [4.78, 5) is 16.0. The van der Waals surface area contributed by atoms with Gasteiger partial charge in [-0.1, -0.05) is 198 Å². The van der Waals surface area contributed by atoms with Gasteiger partial charge >= 0.3 is 0 Å². The first-order chi connectivity index (χ1) is 33.2. The Labute approximate surface area is 397 Å². The van der Waals surface area contributed by atoms with Crippen LogP contribution in [-0.4, -0.2) is 19.5 Å². The number of rotatable bonds is 6. The lowest BCUT2D eigenvalue weighted by Gasteiger charge is -2.42. The van der Waals surface area contributed by atoms with E-state index in [1.54, 1.807) is 0 Å². The first kappa shape index (κ1) is 40.3. The van der Waals surface area contributed by atoms with Crippen molar-refractivity contribution in [1.82, 2.24) is 19.5 Å². The molecule has 0 N–H and O–H groups in total. The maximum atomic E-state index is 5.44. The first-order valence-electron chi connectivity index (χ1n) is 24.0. The van der Waals surface area contributed by atoms with Crippen LogP contribution in [0.4, 0.5) is 0 Å². The van der Waals surface area contributed by atoms with Gasteiger partial charge in [0.05, 0.1) is 22.1 Å². The third kappa shape index (κ3) is 5.96. The quantitative estimate of drug-likeness (QED) is 0.167. The molecular formula is C64H50N4. The molecule has 326 valence electrons. The van der Waals surface area contributed by atoms with E-state index in [1.165, 1.54) is 67.2 Å². The molecule has 0 spiro atoms. The standard InChI is InChI=1S/C64H50N4/c1-62(2)36-37-63(3,4)55-40-58-51(39-54(55)62)49-30-15-18-33-56(49)68(58)57-35-34-50(45-26-11-12-29-48(45)57)61-66-59(41-20-7-5-8-21-41)65-60(67-61)42-22-19-25-44(38-42)64(43-23-9-6-10-24-43)52-31-16-13-27-46(52)47-28-14-17-32-53(47)64/h5-35,38-40H,36-37H2,1-4H3. The van der Waals surface area contributed by atoms with Crippen molar-refractivity contribution in [2.75, 3.05) is 0 Å². The molecule has 11 aromatic rings. The van der Waals surface area contributed by atoms with Crippen LogP contribution < -0.4 is 0 Å². The third-order valence-electron chi connectivity index (χ3n) is 15.4. The number of hydrogen-bond acceptors (Lipinski definition) is 3. The van der Waals surface area contributed by atoms with Gasteiger partial charge in [-0.2, -0.15) is 0 Å². The van der Waals surface area contributed by atoms with Gasteiger partial charge in [0.25, 0.3) is 0 Å². The SMILES string of the molecule is CC1(C)CCC(C)(C)c2cc3c(cc21)c1ccccc1n3-c1ccc(-c2nc(-c3ccccc3)nc(-c3cccc(C4(c5ccccc5)c5ccccc5-c5ccccc54)c3)n2)c2ccccc12. The minimum atomic E-state index is -0.549. The fourth-order valence-electron chi connectivity index (χ4n) is 11.9. The number of fused-ring (bicyclic) bond motifs is 8. The normalized spacial score (nSPS) is 15.3. The van der Waals surface area contributed by atoms with E-state index >= 15 is 0 Å². The highest BCUT2D eigenvalue weighted by Gasteiger charge is 2.46. The van der Waals surface area contributed by atoms with Crippen LogP contribution >= 0.6 is 0 Å². The van der Waals surface area contributed by atoms with Crippen LogP contribution in [0.15, 0.2) is 206 Å². The van der Waals surface area contributed by atoms with Gasteiger partial charge in [-0.15, -0.1) is 0 Å². The Balaban J connectivity index is 1.02. The molecule has 9 aromatic carbocycles. The van der Waals surface area contributed by atoms with E-state index in [0.29, 0.717) is 17.5 Å². The maximum absolute atomic E-state index is 5.44. The average Bonchev–Trinajstić information content (AvgIpc) is 3.88. The molecule has 2 aliphatic rings. The van der Waals surface area contributed by atoms with Crippen molar-refractivity contribution in [2.45, 2.75) is 56.8 Å². The molecule has 0 unspecified atom stereocenters. The summed E-state index contributed by atoms with van der Waals surface area (Å²) < 4.78 is 2.50. The van der Waals surface area contributed by atoms with Crippen LogP contribution in [0.3, 0.4) is 0 Å². The second-order valence-corrected chi connectivity index (χ2v) is 20.2. The number of aromatic nitrogens is 4. The van der Waals surface area contributed by atoms with Crippen LogP contribution in [0, 0.1) is 0 Å². The van der Waals surface area contributed by atoms with E-state index < -0.39 is 5.41 Å². The second-order valence-electron chi connectivity index (χ2n) is 20.2. The zero-order valence-electron chi connectivity index (χ0n) is 38.8. The Morgan fingerprint density at radius 3 is 1.59 bits per heavy atom. The van der Waals surface area contributed by atoms with Crippen molar-refractivity contribution < 1.29 is 0 Å². The van der Waals surface area contributed by atoms with Gasteiger partial charge in [-0.05, 0) is 110 Å². The van der Waals surface area contributed by atoms with Gasteiger partial charge < -0.3 is 4.57 Å². The van der Waals surface area contributed by atoms with Crippen molar-refractivity contribution in [3.8, 4) is 51.0 Å². The second kappa shape index (κ2) is 15.0. The molecule has 0 aliphatic heterocycles. The molecule has 2 heterocycles. The molecule has 2 aromatic heterocycles. The topological polar surface area (TPSA) is 43.6 Å². The van der Waals surface area contributed by atoms with Crippen LogP contribution in [0.5, 0.6) is 0 Å². The average molecular weight is 875 g/mol. The van der Waals surface area contributed by atoms with Crippen LogP contribution in [0.1, 0.15) is 73.9 Å². The molecule has 0 bridgehead atoms. The van der Waals surface area contributed by atoms with Gasteiger partial charge in [-0.3, -0.25) is 0 Å². The van der Waals surface area contributed by atoms with E-state index in [9.17, 15) is 0 Å². The monoisotopic (exact) mass is 874 g/mol. The summed E-state index contributed by atoms with van der Waals surface area (Å²) in [7, 11) is 0. The number of para-hydroxylation sites is 1. The molecule has 68 heavy (non-hydrogen) atoms. The summed E-state index contributed by atoms with van der Waals surface area (Å²) in [6, 6.07) is 75.1. The molecule has 4 nitrogen and oxygen atoms in total. The highest BCUT2D eigenvalue weighted by molar-refractivity contribution is 6.12. The number of benzene rings is 9. The Bertz CT molecular complexity index is 3760. The van der Waals surface area contributed by atoms with E-state index in [-0.39, 0.29) is 10.8 Å². The molecular weight excluding hydrogens is 825 g/mol. The first-order valence-corrected chi connectivity index (χ1v) is 24.0.